The molecule has 1 aliphatic carbocycles. The Hall–Kier alpha value is -1.35. The van der Waals surface area contributed by atoms with E-state index in [2.05, 4.69) is 52.3 Å². The van der Waals surface area contributed by atoms with Crippen molar-refractivity contribution in [3.63, 3.8) is 0 Å². The molecular formula is C23H29ClN2. The first-order valence-corrected chi connectivity index (χ1v) is 10.4. The molecule has 0 radical (unpaired) electrons. The molecule has 138 valence electrons. The first-order chi connectivity index (χ1) is 12.8. The van der Waals surface area contributed by atoms with E-state index < -0.39 is 0 Å². The predicted molar refractivity (Wildman–Crippen MR) is 110 cm³/mol. The molecule has 0 bridgehead atoms. The Labute approximate surface area is 162 Å². The predicted octanol–water partition coefficient (Wildman–Crippen LogP) is 5.18. The van der Waals surface area contributed by atoms with Crippen LogP contribution in [-0.4, -0.2) is 42.0 Å². The van der Waals surface area contributed by atoms with Crippen LogP contribution in [0.1, 0.15) is 42.7 Å². The van der Waals surface area contributed by atoms with Gasteiger partial charge >= 0.3 is 0 Å². The van der Waals surface area contributed by atoms with E-state index in [1.807, 2.05) is 12.1 Å². The summed E-state index contributed by atoms with van der Waals surface area (Å²) in [6, 6.07) is 20.2. The van der Waals surface area contributed by atoms with Crippen molar-refractivity contribution in [2.24, 2.45) is 0 Å². The fraction of sp³-hybridized carbons (Fsp3) is 0.478. The Balaban J connectivity index is 1.23. The Morgan fingerprint density at radius 2 is 1.42 bits per heavy atom. The lowest BCUT2D eigenvalue weighted by molar-refractivity contribution is 0.0727. The van der Waals surface area contributed by atoms with Crippen molar-refractivity contribution >= 4 is 11.6 Å². The molecule has 2 aromatic rings. The van der Waals surface area contributed by atoms with Crippen LogP contribution in [0.5, 0.6) is 0 Å². The molecule has 2 aliphatic rings. The summed E-state index contributed by atoms with van der Waals surface area (Å²) in [6.07, 6.45) is 5.41. The maximum absolute atomic E-state index is 5.99. The van der Waals surface area contributed by atoms with Crippen molar-refractivity contribution in [2.75, 3.05) is 26.2 Å². The summed E-state index contributed by atoms with van der Waals surface area (Å²) in [6.45, 7) is 5.84. The smallest absolute Gasteiger partial charge is 0.0406 e. The summed E-state index contributed by atoms with van der Waals surface area (Å²) in [5.41, 5.74) is 2.91. The first kappa shape index (κ1) is 18.0. The summed E-state index contributed by atoms with van der Waals surface area (Å²) in [7, 11) is 0. The number of hydrogen-bond donors (Lipinski definition) is 0. The van der Waals surface area contributed by atoms with Crippen LogP contribution in [0.2, 0.25) is 5.02 Å². The highest BCUT2D eigenvalue weighted by atomic mass is 35.5. The molecule has 0 atom stereocenters. The van der Waals surface area contributed by atoms with Crippen LogP contribution in [0, 0.1) is 0 Å². The van der Waals surface area contributed by atoms with Gasteiger partial charge in [0.15, 0.2) is 0 Å². The number of piperazine rings is 1. The molecule has 4 rings (SSSR count). The Morgan fingerprint density at radius 1 is 0.769 bits per heavy atom. The number of halogens is 1. The molecule has 1 heterocycles. The third kappa shape index (κ3) is 4.49. The summed E-state index contributed by atoms with van der Waals surface area (Å²) < 4.78 is 0. The van der Waals surface area contributed by atoms with Crippen molar-refractivity contribution < 1.29 is 0 Å². The van der Waals surface area contributed by atoms with Crippen molar-refractivity contribution in [1.29, 1.82) is 0 Å². The van der Waals surface area contributed by atoms with Crippen LogP contribution in [-0.2, 0) is 6.54 Å². The number of hydrogen-bond acceptors (Lipinski definition) is 2. The monoisotopic (exact) mass is 368 g/mol. The standard InChI is InChI=1S/C23H29ClN2/c24-22-10-6-19(7-11-22)18-25-14-16-26(17-15-25)23-12-8-21(9-13-23)20-4-2-1-3-5-20/h1-7,10-11,21,23H,8-9,12-18H2. The minimum absolute atomic E-state index is 0.777. The van der Waals surface area contributed by atoms with Crippen LogP contribution in [0.4, 0.5) is 0 Å². The van der Waals surface area contributed by atoms with Crippen LogP contribution in [0.15, 0.2) is 54.6 Å². The molecule has 0 N–H and O–H groups in total. The minimum Gasteiger partial charge on any atom is -0.298 e. The fourth-order valence-corrected chi connectivity index (χ4v) is 4.76. The molecule has 0 amide bonds. The van der Waals surface area contributed by atoms with Crippen molar-refractivity contribution in [2.45, 2.75) is 44.2 Å². The highest BCUT2D eigenvalue weighted by molar-refractivity contribution is 6.30. The highest BCUT2D eigenvalue weighted by Crippen LogP contribution is 2.35. The fourth-order valence-electron chi connectivity index (χ4n) is 4.63. The summed E-state index contributed by atoms with van der Waals surface area (Å²) in [5.74, 6) is 0.777. The van der Waals surface area contributed by atoms with Crippen molar-refractivity contribution in [1.82, 2.24) is 9.80 Å². The Morgan fingerprint density at radius 3 is 2.08 bits per heavy atom. The molecule has 0 spiro atoms. The molecule has 3 heteroatoms. The van der Waals surface area contributed by atoms with Gasteiger partial charge in [0.2, 0.25) is 0 Å². The largest absolute Gasteiger partial charge is 0.298 e. The van der Waals surface area contributed by atoms with Gasteiger partial charge < -0.3 is 0 Å². The second kappa shape index (κ2) is 8.56. The molecule has 26 heavy (non-hydrogen) atoms. The van der Waals surface area contributed by atoms with E-state index in [9.17, 15) is 0 Å². The van der Waals surface area contributed by atoms with Gasteiger partial charge in [-0.25, -0.2) is 0 Å². The summed E-state index contributed by atoms with van der Waals surface area (Å²) >= 11 is 5.99. The van der Waals surface area contributed by atoms with Gasteiger partial charge in [-0.1, -0.05) is 54.1 Å². The van der Waals surface area contributed by atoms with Gasteiger partial charge in [-0.3, -0.25) is 9.80 Å². The normalized spacial score (nSPS) is 25.3. The number of benzene rings is 2. The first-order valence-electron chi connectivity index (χ1n) is 10.0. The third-order valence-corrected chi connectivity index (χ3v) is 6.46. The molecule has 1 saturated carbocycles. The molecule has 2 fully saturated rings. The average molecular weight is 369 g/mol. The number of nitrogens with zero attached hydrogens (tertiary/aromatic N) is 2. The lowest BCUT2D eigenvalue weighted by Crippen LogP contribution is -2.50. The van der Waals surface area contributed by atoms with Gasteiger partial charge in [0.05, 0.1) is 0 Å². The van der Waals surface area contributed by atoms with E-state index in [1.54, 1.807) is 5.56 Å². The quantitative estimate of drug-likeness (QED) is 0.733. The van der Waals surface area contributed by atoms with E-state index in [0.717, 1.165) is 23.5 Å². The number of rotatable bonds is 4. The van der Waals surface area contributed by atoms with Gasteiger partial charge in [0.25, 0.3) is 0 Å². The van der Waals surface area contributed by atoms with Crippen LogP contribution >= 0.6 is 11.6 Å². The van der Waals surface area contributed by atoms with E-state index in [1.165, 1.54) is 57.4 Å². The zero-order valence-corrected chi connectivity index (χ0v) is 16.2. The molecule has 2 nitrogen and oxygen atoms in total. The molecule has 0 aromatic heterocycles. The second-order valence-corrected chi connectivity index (χ2v) is 8.29. The van der Waals surface area contributed by atoms with Gasteiger partial charge in [-0.15, -0.1) is 0 Å². The van der Waals surface area contributed by atoms with E-state index in [-0.39, 0.29) is 0 Å². The van der Waals surface area contributed by atoms with Gasteiger partial charge in [0.1, 0.15) is 0 Å². The SMILES string of the molecule is Clc1ccc(CN2CCN(C3CCC(c4ccccc4)CC3)CC2)cc1. The highest BCUT2D eigenvalue weighted by Gasteiger charge is 2.28. The molecular weight excluding hydrogens is 340 g/mol. The van der Waals surface area contributed by atoms with E-state index in [4.69, 9.17) is 11.6 Å². The third-order valence-electron chi connectivity index (χ3n) is 6.21. The van der Waals surface area contributed by atoms with Crippen molar-refractivity contribution in [3.8, 4) is 0 Å². The lowest BCUT2D eigenvalue weighted by Gasteiger charge is -2.42. The zero-order chi connectivity index (χ0) is 17.8. The maximum Gasteiger partial charge on any atom is 0.0406 e. The Bertz CT molecular complexity index is 669. The zero-order valence-electron chi connectivity index (χ0n) is 15.5. The minimum atomic E-state index is 0.777. The van der Waals surface area contributed by atoms with E-state index >= 15 is 0 Å². The van der Waals surface area contributed by atoms with Gasteiger partial charge in [-0.2, -0.15) is 0 Å². The van der Waals surface area contributed by atoms with Crippen LogP contribution in [0.25, 0.3) is 0 Å². The molecule has 1 aliphatic heterocycles. The summed E-state index contributed by atoms with van der Waals surface area (Å²) in [4.78, 5) is 5.33. The van der Waals surface area contributed by atoms with Gasteiger partial charge in [0, 0.05) is 43.8 Å². The Kier molecular flexibility index (Phi) is 5.94. The van der Waals surface area contributed by atoms with Crippen LogP contribution < -0.4 is 0 Å². The lowest BCUT2D eigenvalue weighted by atomic mass is 9.81. The maximum atomic E-state index is 5.99. The average Bonchev–Trinajstić information content (AvgIpc) is 2.71. The molecule has 2 aromatic carbocycles. The molecule has 1 saturated heterocycles. The second-order valence-electron chi connectivity index (χ2n) is 7.85. The molecule has 0 unspecified atom stereocenters. The summed E-state index contributed by atoms with van der Waals surface area (Å²) in [5, 5.41) is 0.824. The topological polar surface area (TPSA) is 6.48 Å². The van der Waals surface area contributed by atoms with E-state index in [0.29, 0.717) is 0 Å². The van der Waals surface area contributed by atoms with Crippen molar-refractivity contribution in [3.05, 3.63) is 70.7 Å². The van der Waals surface area contributed by atoms with Gasteiger partial charge in [-0.05, 0) is 54.9 Å². The van der Waals surface area contributed by atoms with Crippen LogP contribution in [0.3, 0.4) is 0 Å².